The predicted octanol–water partition coefficient (Wildman–Crippen LogP) is 2.01. The number of nitrogens with one attached hydrogen (secondary N) is 1. The van der Waals surface area contributed by atoms with Crippen molar-refractivity contribution in [3.63, 3.8) is 0 Å². The third-order valence-electron chi connectivity index (χ3n) is 3.93. The summed E-state index contributed by atoms with van der Waals surface area (Å²) in [6.07, 6.45) is 0.303. The molecular formula is C17H21ClN2O4. The summed E-state index contributed by atoms with van der Waals surface area (Å²) in [5, 5.41) is 3.13. The van der Waals surface area contributed by atoms with Gasteiger partial charge in [0.2, 0.25) is 5.91 Å². The summed E-state index contributed by atoms with van der Waals surface area (Å²) in [5.74, 6) is -1.17. The van der Waals surface area contributed by atoms with Gasteiger partial charge >= 0.3 is 5.97 Å². The molecule has 24 heavy (non-hydrogen) atoms. The summed E-state index contributed by atoms with van der Waals surface area (Å²) < 4.78 is 5.23. The number of hydrogen-bond donors (Lipinski definition) is 1. The lowest BCUT2D eigenvalue weighted by Gasteiger charge is -2.34. The smallest absolute Gasteiger partial charge is 0.308 e. The molecule has 1 aliphatic heterocycles. The number of esters is 1. The fraction of sp³-hybridized carbons (Fsp3) is 0.471. The Morgan fingerprint density at radius 3 is 2.88 bits per heavy atom. The van der Waals surface area contributed by atoms with E-state index in [0.717, 1.165) is 0 Å². The summed E-state index contributed by atoms with van der Waals surface area (Å²) in [6, 6.07) is 5.65. The number of rotatable bonds is 5. The number of amides is 2. The van der Waals surface area contributed by atoms with E-state index in [-0.39, 0.29) is 24.3 Å². The molecule has 6 nitrogen and oxygen atoms in total. The van der Waals surface area contributed by atoms with Gasteiger partial charge < -0.3 is 15.0 Å². The number of hydrogen-bond acceptors (Lipinski definition) is 4. The number of ether oxygens (including phenoxy) is 1. The van der Waals surface area contributed by atoms with Gasteiger partial charge in [-0.25, -0.2) is 0 Å². The maximum absolute atomic E-state index is 12.7. The van der Waals surface area contributed by atoms with E-state index in [4.69, 9.17) is 16.3 Å². The van der Waals surface area contributed by atoms with Crippen molar-refractivity contribution in [3.05, 3.63) is 34.9 Å². The number of halogens is 1. The van der Waals surface area contributed by atoms with E-state index < -0.39 is 12.0 Å². The van der Waals surface area contributed by atoms with Crippen LogP contribution in [0.4, 0.5) is 0 Å². The molecule has 1 saturated heterocycles. The molecule has 1 fully saturated rings. The van der Waals surface area contributed by atoms with Crippen molar-refractivity contribution in [2.24, 2.45) is 0 Å². The normalized spacial score (nSPS) is 18.7. The van der Waals surface area contributed by atoms with Crippen molar-refractivity contribution in [1.82, 2.24) is 10.2 Å². The van der Waals surface area contributed by atoms with Crippen LogP contribution in [0.15, 0.2) is 24.3 Å². The van der Waals surface area contributed by atoms with Crippen molar-refractivity contribution in [1.29, 1.82) is 0 Å². The van der Waals surface area contributed by atoms with Crippen LogP contribution in [-0.2, 0) is 14.3 Å². The topological polar surface area (TPSA) is 75.7 Å². The number of carbonyl (C=O) groups is 3. The Morgan fingerprint density at radius 2 is 2.21 bits per heavy atom. The second-order valence-electron chi connectivity index (χ2n) is 5.73. The highest BCUT2D eigenvalue weighted by atomic mass is 35.5. The number of benzene rings is 1. The molecule has 7 heteroatoms. The minimum Gasteiger partial charge on any atom is -0.463 e. The molecule has 1 aromatic carbocycles. The van der Waals surface area contributed by atoms with Gasteiger partial charge in [-0.2, -0.15) is 0 Å². The van der Waals surface area contributed by atoms with E-state index in [0.29, 0.717) is 30.1 Å². The van der Waals surface area contributed by atoms with Crippen molar-refractivity contribution in [2.45, 2.75) is 38.8 Å². The van der Waals surface area contributed by atoms with Crippen LogP contribution < -0.4 is 5.32 Å². The number of carbonyl (C=O) groups excluding carboxylic acids is 3. The van der Waals surface area contributed by atoms with Crippen LogP contribution in [0.5, 0.6) is 0 Å². The molecule has 0 spiro atoms. The molecule has 0 saturated carbocycles. The first kappa shape index (κ1) is 18.3. The third-order valence-corrected chi connectivity index (χ3v) is 4.17. The summed E-state index contributed by atoms with van der Waals surface area (Å²) in [4.78, 5) is 38.3. The van der Waals surface area contributed by atoms with Crippen LogP contribution in [-0.4, -0.2) is 47.9 Å². The molecule has 0 radical (unpaired) electrons. The first-order valence-corrected chi connectivity index (χ1v) is 8.34. The van der Waals surface area contributed by atoms with Crippen LogP contribution in [0.2, 0.25) is 5.02 Å². The third kappa shape index (κ3) is 4.47. The Bertz CT molecular complexity index is 635. The summed E-state index contributed by atoms with van der Waals surface area (Å²) in [5.41, 5.74) is 0.387. The van der Waals surface area contributed by atoms with Gasteiger partial charge in [0.15, 0.2) is 0 Å². The monoisotopic (exact) mass is 352 g/mol. The minimum atomic E-state index is -0.873. The van der Waals surface area contributed by atoms with Gasteiger partial charge in [0.05, 0.1) is 12.5 Å². The highest BCUT2D eigenvalue weighted by Crippen LogP contribution is 2.18. The van der Waals surface area contributed by atoms with Crippen LogP contribution in [0.1, 0.15) is 37.0 Å². The van der Waals surface area contributed by atoms with Crippen LogP contribution in [0.25, 0.3) is 0 Å². The zero-order valence-corrected chi connectivity index (χ0v) is 14.5. The van der Waals surface area contributed by atoms with E-state index >= 15 is 0 Å². The molecule has 2 unspecified atom stereocenters. The minimum absolute atomic E-state index is 0.164. The molecule has 2 atom stereocenters. The van der Waals surface area contributed by atoms with Gasteiger partial charge in [-0.3, -0.25) is 14.4 Å². The number of piperazine rings is 1. The largest absolute Gasteiger partial charge is 0.463 e. The van der Waals surface area contributed by atoms with Crippen molar-refractivity contribution in [3.8, 4) is 0 Å². The molecule has 130 valence electrons. The number of nitrogens with zero attached hydrogens (tertiary/aromatic N) is 1. The standard InChI is InChI=1S/C17H21ClN2O4/c1-3-11(2)24-15(21)10-14-16(22)19-7-8-20(14)17(23)12-5-4-6-13(18)9-12/h4-6,9,11,14H,3,7-8,10H2,1-2H3,(H,19,22). The Labute approximate surface area is 146 Å². The molecule has 0 aliphatic carbocycles. The Morgan fingerprint density at radius 1 is 1.46 bits per heavy atom. The molecule has 2 rings (SSSR count). The molecule has 2 amide bonds. The average molecular weight is 353 g/mol. The Hall–Kier alpha value is -2.08. The fourth-order valence-corrected chi connectivity index (χ4v) is 2.65. The highest BCUT2D eigenvalue weighted by Gasteiger charge is 2.35. The maximum Gasteiger partial charge on any atom is 0.308 e. The van der Waals surface area contributed by atoms with Crippen LogP contribution in [0, 0.1) is 0 Å². The van der Waals surface area contributed by atoms with E-state index in [2.05, 4.69) is 5.32 Å². The van der Waals surface area contributed by atoms with Gasteiger partial charge in [-0.15, -0.1) is 0 Å². The van der Waals surface area contributed by atoms with Gasteiger partial charge in [-0.05, 0) is 31.5 Å². The second-order valence-corrected chi connectivity index (χ2v) is 6.17. The molecule has 0 bridgehead atoms. The van der Waals surface area contributed by atoms with Gasteiger partial charge in [0.1, 0.15) is 6.04 Å². The van der Waals surface area contributed by atoms with E-state index in [1.165, 1.54) is 4.90 Å². The van der Waals surface area contributed by atoms with Gasteiger partial charge in [0.25, 0.3) is 5.91 Å². The second kappa shape index (κ2) is 8.15. The molecule has 0 aromatic heterocycles. The van der Waals surface area contributed by atoms with Crippen molar-refractivity contribution < 1.29 is 19.1 Å². The SMILES string of the molecule is CCC(C)OC(=O)CC1C(=O)NCCN1C(=O)c1cccc(Cl)c1. The van der Waals surface area contributed by atoms with Gasteiger partial charge in [0, 0.05) is 23.7 Å². The quantitative estimate of drug-likeness (QED) is 0.822. The van der Waals surface area contributed by atoms with E-state index in [1.807, 2.05) is 6.92 Å². The molecule has 1 heterocycles. The summed E-state index contributed by atoms with van der Waals surface area (Å²) in [6.45, 7) is 4.37. The van der Waals surface area contributed by atoms with E-state index in [1.54, 1.807) is 31.2 Å². The lowest BCUT2D eigenvalue weighted by Crippen LogP contribution is -2.57. The lowest BCUT2D eigenvalue weighted by molar-refractivity contribution is -0.151. The summed E-state index contributed by atoms with van der Waals surface area (Å²) in [7, 11) is 0. The lowest BCUT2D eigenvalue weighted by atomic mass is 10.1. The zero-order chi connectivity index (χ0) is 17.7. The molecular weight excluding hydrogens is 332 g/mol. The Kier molecular flexibility index (Phi) is 6.20. The first-order chi connectivity index (χ1) is 11.4. The molecule has 1 aliphatic rings. The van der Waals surface area contributed by atoms with Crippen molar-refractivity contribution in [2.75, 3.05) is 13.1 Å². The molecule has 1 N–H and O–H groups in total. The van der Waals surface area contributed by atoms with E-state index in [9.17, 15) is 14.4 Å². The average Bonchev–Trinajstić information content (AvgIpc) is 2.56. The zero-order valence-electron chi connectivity index (χ0n) is 13.8. The Balaban J connectivity index is 2.15. The first-order valence-electron chi connectivity index (χ1n) is 7.96. The fourth-order valence-electron chi connectivity index (χ4n) is 2.46. The maximum atomic E-state index is 12.7. The van der Waals surface area contributed by atoms with Crippen LogP contribution >= 0.6 is 11.6 Å². The van der Waals surface area contributed by atoms with Gasteiger partial charge in [-0.1, -0.05) is 24.6 Å². The van der Waals surface area contributed by atoms with Crippen LogP contribution in [0.3, 0.4) is 0 Å². The van der Waals surface area contributed by atoms with Crippen molar-refractivity contribution >= 4 is 29.4 Å². The summed E-state index contributed by atoms with van der Waals surface area (Å²) >= 11 is 5.93. The predicted molar refractivity (Wildman–Crippen MR) is 89.7 cm³/mol. The highest BCUT2D eigenvalue weighted by molar-refractivity contribution is 6.31. The molecule has 1 aromatic rings.